The van der Waals surface area contributed by atoms with Crippen LogP contribution in [0.5, 0.6) is 0 Å². The van der Waals surface area contributed by atoms with Crippen LogP contribution in [0.2, 0.25) is 0 Å². The van der Waals surface area contributed by atoms with Crippen LogP contribution in [0.25, 0.3) is 5.69 Å². The molecule has 0 saturated carbocycles. The monoisotopic (exact) mass is 470 g/mol. The molecule has 33 heavy (non-hydrogen) atoms. The molecule has 1 aromatic heterocycles. The fraction of sp³-hybridized carbons (Fsp3) is 0.333. The Morgan fingerprint density at radius 2 is 1.64 bits per heavy atom. The van der Waals surface area contributed by atoms with Crippen molar-refractivity contribution in [3.8, 4) is 5.69 Å². The zero-order valence-corrected chi connectivity index (χ0v) is 20.2. The summed E-state index contributed by atoms with van der Waals surface area (Å²) < 4.78 is 31.8. The van der Waals surface area contributed by atoms with E-state index in [1.54, 1.807) is 53.9 Å². The number of sulfonamides is 1. The van der Waals surface area contributed by atoms with E-state index in [0.717, 1.165) is 12.8 Å². The number of para-hydroxylation sites is 1. The Bertz CT molecular complexity index is 1290. The van der Waals surface area contributed by atoms with E-state index in [1.807, 2.05) is 19.9 Å². The third-order valence-corrected chi connectivity index (χ3v) is 6.80. The molecule has 176 valence electrons. The molecule has 0 aliphatic rings. The van der Waals surface area contributed by atoms with Crippen molar-refractivity contribution in [2.45, 2.75) is 38.5 Å². The van der Waals surface area contributed by atoms with E-state index in [-0.39, 0.29) is 16.5 Å². The van der Waals surface area contributed by atoms with Crippen molar-refractivity contribution in [1.29, 1.82) is 0 Å². The fourth-order valence-corrected chi connectivity index (χ4v) is 4.87. The van der Waals surface area contributed by atoms with Crippen LogP contribution in [-0.4, -0.2) is 41.7 Å². The summed E-state index contributed by atoms with van der Waals surface area (Å²) in [6.45, 7) is 6.86. The van der Waals surface area contributed by atoms with Crippen LogP contribution in [0.15, 0.2) is 64.3 Å². The topological polar surface area (TPSA) is 93.4 Å². The number of carbonyl (C=O) groups is 1. The van der Waals surface area contributed by atoms with Gasteiger partial charge in [0.15, 0.2) is 0 Å². The van der Waals surface area contributed by atoms with Gasteiger partial charge < -0.3 is 4.90 Å². The first-order chi connectivity index (χ1) is 15.7. The van der Waals surface area contributed by atoms with Crippen LogP contribution in [0, 0.1) is 6.92 Å². The molecule has 0 aliphatic heterocycles. The normalized spacial score (nSPS) is 11.4. The zero-order chi connectivity index (χ0) is 24.2. The quantitative estimate of drug-likeness (QED) is 0.518. The van der Waals surface area contributed by atoms with Crippen LogP contribution in [-0.2, 0) is 17.1 Å². The standard InChI is InChI=1S/C24H30N4O4S/c1-5-15-27(16-6-2)23(29)19-11-10-14-21(17-19)33(31,32)25-22-18(3)26(4)28(24(22)30)20-12-8-7-9-13-20/h7-14,17,25H,5-6,15-16H2,1-4H3. The minimum absolute atomic E-state index is 0.0309. The second kappa shape index (κ2) is 10.1. The van der Waals surface area contributed by atoms with E-state index in [9.17, 15) is 18.0 Å². The molecule has 3 rings (SSSR count). The molecule has 9 heteroatoms. The third kappa shape index (κ3) is 5.03. The summed E-state index contributed by atoms with van der Waals surface area (Å²) in [6, 6.07) is 14.9. The number of amides is 1. The van der Waals surface area contributed by atoms with Gasteiger partial charge in [0.2, 0.25) is 0 Å². The second-order valence-electron chi connectivity index (χ2n) is 7.86. The highest BCUT2D eigenvalue weighted by Gasteiger charge is 2.24. The highest BCUT2D eigenvalue weighted by molar-refractivity contribution is 7.92. The first kappa shape index (κ1) is 24.3. The average molecular weight is 471 g/mol. The summed E-state index contributed by atoms with van der Waals surface area (Å²) in [6.07, 6.45) is 1.62. The van der Waals surface area contributed by atoms with Crippen molar-refractivity contribution in [2.24, 2.45) is 7.05 Å². The molecule has 0 aliphatic carbocycles. The number of rotatable bonds is 9. The lowest BCUT2D eigenvalue weighted by Crippen LogP contribution is -2.32. The number of anilines is 1. The smallest absolute Gasteiger partial charge is 0.296 e. The molecular weight excluding hydrogens is 440 g/mol. The molecule has 0 radical (unpaired) electrons. The van der Waals surface area contributed by atoms with Crippen LogP contribution in [0.1, 0.15) is 42.7 Å². The van der Waals surface area contributed by atoms with Gasteiger partial charge in [-0.15, -0.1) is 0 Å². The molecule has 1 amide bonds. The Labute approximate surface area is 194 Å². The summed E-state index contributed by atoms with van der Waals surface area (Å²) in [5.41, 5.74) is 0.881. The minimum Gasteiger partial charge on any atom is -0.339 e. The summed E-state index contributed by atoms with van der Waals surface area (Å²) in [7, 11) is -2.41. The van der Waals surface area contributed by atoms with Gasteiger partial charge in [0.1, 0.15) is 5.69 Å². The van der Waals surface area contributed by atoms with Gasteiger partial charge in [-0.1, -0.05) is 38.1 Å². The molecular formula is C24H30N4O4S. The van der Waals surface area contributed by atoms with Gasteiger partial charge in [-0.05, 0) is 50.1 Å². The van der Waals surface area contributed by atoms with Gasteiger partial charge in [0.05, 0.1) is 16.3 Å². The van der Waals surface area contributed by atoms with Crippen LogP contribution in [0.4, 0.5) is 5.69 Å². The summed E-state index contributed by atoms with van der Waals surface area (Å²) >= 11 is 0. The number of carbonyl (C=O) groups excluding carboxylic acids is 1. The molecule has 3 aromatic rings. The van der Waals surface area contributed by atoms with E-state index in [0.29, 0.717) is 30.0 Å². The second-order valence-corrected chi connectivity index (χ2v) is 9.54. The number of hydrogen-bond donors (Lipinski definition) is 1. The van der Waals surface area contributed by atoms with Gasteiger partial charge >= 0.3 is 0 Å². The lowest BCUT2D eigenvalue weighted by atomic mass is 10.2. The molecule has 0 atom stereocenters. The van der Waals surface area contributed by atoms with Crippen molar-refractivity contribution in [2.75, 3.05) is 17.8 Å². The predicted molar refractivity (Wildman–Crippen MR) is 129 cm³/mol. The number of hydrogen-bond acceptors (Lipinski definition) is 4. The molecule has 1 heterocycles. The van der Waals surface area contributed by atoms with Gasteiger partial charge in [0.25, 0.3) is 21.5 Å². The Kier molecular flexibility index (Phi) is 7.43. The van der Waals surface area contributed by atoms with Crippen molar-refractivity contribution >= 4 is 21.6 Å². The predicted octanol–water partition coefficient (Wildman–Crippen LogP) is 3.55. The third-order valence-electron chi connectivity index (χ3n) is 5.46. The SMILES string of the molecule is CCCN(CCC)C(=O)c1cccc(S(=O)(=O)Nc2c(C)n(C)n(-c3ccccc3)c2=O)c1. The number of benzene rings is 2. The molecule has 0 saturated heterocycles. The lowest BCUT2D eigenvalue weighted by Gasteiger charge is -2.21. The van der Waals surface area contributed by atoms with Gasteiger partial charge in [-0.3, -0.25) is 19.0 Å². The Morgan fingerprint density at radius 3 is 2.24 bits per heavy atom. The highest BCUT2D eigenvalue weighted by Crippen LogP contribution is 2.20. The lowest BCUT2D eigenvalue weighted by molar-refractivity contribution is 0.0755. The fourth-order valence-electron chi connectivity index (χ4n) is 3.71. The Morgan fingerprint density at radius 1 is 1.00 bits per heavy atom. The summed E-state index contributed by atoms with van der Waals surface area (Å²) in [5, 5.41) is 0. The van der Waals surface area contributed by atoms with Crippen LogP contribution < -0.4 is 10.3 Å². The van der Waals surface area contributed by atoms with E-state index in [4.69, 9.17) is 0 Å². The summed E-state index contributed by atoms with van der Waals surface area (Å²) in [5.74, 6) is -0.210. The zero-order valence-electron chi connectivity index (χ0n) is 19.4. The van der Waals surface area contributed by atoms with Gasteiger partial charge in [-0.2, -0.15) is 0 Å². The maximum Gasteiger partial charge on any atom is 0.296 e. The first-order valence-electron chi connectivity index (χ1n) is 11.0. The molecule has 0 fully saturated rings. The minimum atomic E-state index is -4.10. The maximum atomic E-state index is 13.2. The highest BCUT2D eigenvalue weighted by atomic mass is 32.2. The van der Waals surface area contributed by atoms with Crippen molar-refractivity contribution in [1.82, 2.24) is 14.3 Å². The molecule has 0 unspecified atom stereocenters. The number of aromatic nitrogens is 2. The molecule has 8 nitrogen and oxygen atoms in total. The van der Waals surface area contributed by atoms with Gasteiger partial charge in [-0.25, -0.2) is 13.1 Å². The Balaban J connectivity index is 1.96. The van der Waals surface area contributed by atoms with E-state index in [1.165, 1.54) is 22.9 Å². The molecule has 0 spiro atoms. The van der Waals surface area contributed by atoms with Crippen LogP contribution >= 0.6 is 0 Å². The van der Waals surface area contributed by atoms with E-state index < -0.39 is 15.6 Å². The molecule has 0 bridgehead atoms. The number of nitrogens with one attached hydrogen (secondary N) is 1. The Hall–Kier alpha value is -3.33. The summed E-state index contributed by atoms with van der Waals surface area (Å²) in [4.78, 5) is 27.7. The molecule has 1 N–H and O–H groups in total. The first-order valence-corrected chi connectivity index (χ1v) is 12.5. The maximum absolute atomic E-state index is 13.2. The largest absolute Gasteiger partial charge is 0.339 e. The average Bonchev–Trinajstić information content (AvgIpc) is 3.02. The van der Waals surface area contributed by atoms with Crippen molar-refractivity contribution in [3.05, 3.63) is 76.2 Å². The molecule has 2 aromatic carbocycles. The van der Waals surface area contributed by atoms with E-state index in [2.05, 4.69) is 4.72 Å². The van der Waals surface area contributed by atoms with Crippen molar-refractivity contribution < 1.29 is 13.2 Å². The van der Waals surface area contributed by atoms with E-state index >= 15 is 0 Å². The van der Waals surface area contributed by atoms with Gasteiger partial charge in [0, 0.05) is 25.7 Å². The van der Waals surface area contributed by atoms with Crippen LogP contribution in [0.3, 0.4) is 0 Å². The van der Waals surface area contributed by atoms with Crippen molar-refractivity contribution in [3.63, 3.8) is 0 Å². The number of nitrogens with zero attached hydrogens (tertiary/aromatic N) is 3.